The minimum atomic E-state index is -1.03. The van der Waals surface area contributed by atoms with Gasteiger partial charge in [0.2, 0.25) is 5.41 Å². The molecule has 0 aromatic heterocycles. The van der Waals surface area contributed by atoms with Crippen molar-refractivity contribution in [3.05, 3.63) is 6.92 Å². The Kier molecular flexibility index (Phi) is 2.02. The first-order valence-corrected chi connectivity index (χ1v) is 2.76. The van der Waals surface area contributed by atoms with Gasteiger partial charge in [-0.3, -0.25) is 9.59 Å². The summed E-state index contributed by atoms with van der Waals surface area (Å²) >= 11 is 0. The van der Waals surface area contributed by atoms with Crippen LogP contribution in [0.4, 0.5) is 0 Å². The van der Waals surface area contributed by atoms with E-state index in [-0.39, 0.29) is 11.6 Å². The number of Topliss-reactive ketones (excluding diaryl/α,β-unsaturated/α-hetero) is 2. The molecule has 0 aliphatic carbocycles. The van der Waals surface area contributed by atoms with Crippen LogP contribution in [0.15, 0.2) is 0 Å². The molecule has 0 aromatic carbocycles. The molecule has 0 aliphatic rings. The van der Waals surface area contributed by atoms with Crippen LogP contribution in [0.2, 0.25) is 0 Å². The highest BCUT2D eigenvalue weighted by atomic mass is 16.2. The molecule has 0 aliphatic heterocycles. The van der Waals surface area contributed by atoms with Gasteiger partial charge in [0, 0.05) is 0 Å². The van der Waals surface area contributed by atoms with Crippen molar-refractivity contribution in [2.75, 3.05) is 0 Å². The van der Waals surface area contributed by atoms with Gasteiger partial charge in [0.25, 0.3) is 0 Å². The lowest BCUT2D eigenvalue weighted by atomic mass is 9.85. The summed E-state index contributed by atoms with van der Waals surface area (Å²) in [7, 11) is 0. The van der Waals surface area contributed by atoms with Crippen molar-refractivity contribution in [2.24, 2.45) is 5.41 Å². The molecule has 0 amide bonds. The number of carbonyl (C=O) groups is 2. The molecule has 0 atom stereocenters. The second kappa shape index (κ2) is 2.21. The van der Waals surface area contributed by atoms with E-state index in [9.17, 15) is 9.59 Å². The van der Waals surface area contributed by atoms with E-state index in [1.165, 1.54) is 20.8 Å². The van der Waals surface area contributed by atoms with Crippen molar-refractivity contribution < 1.29 is 9.59 Å². The Labute approximate surface area is 55.3 Å². The van der Waals surface area contributed by atoms with E-state index in [0.717, 1.165) is 0 Å². The summed E-state index contributed by atoms with van der Waals surface area (Å²) in [6, 6.07) is 0. The topological polar surface area (TPSA) is 34.1 Å². The third-order valence-electron chi connectivity index (χ3n) is 1.55. The lowest BCUT2D eigenvalue weighted by Crippen LogP contribution is -2.29. The molecule has 0 aromatic rings. The first kappa shape index (κ1) is 8.21. The Hall–Kier alpha value is -0.790. The van der Waals surface area contributed by atoms with Gasteiger partial charge in [-0.15, -0.1) is 0 Å². The summed E-state index contributed by atoms with van der Waals surface area (Å²) in [5, 5.41) is 0. The predicted octanol–water partition coefficient (Wildman–Crippen LogP) is 1.00. The molecular formula is C7H11O2+. The van der Waals surface area contributed by atoms with E-state index in [2.05, 4.69) is 6.92 Å². The molecule has 0 saturated carbocycles. The molecule has 0 saturated heterocycles. The van der Waals surface area contributed by atoms with Crippen molar-refractivity contribution >= 4 is 11.6 Å². The zero-order valence-electron chi connectivity index (χ0n) is 6.02. The molecule has 2 heteroatoms. The van der Waals surface area contributed by atoms with Crippen LogP contribution in [-0.2, 0) is 9.59 Å². The fourth-order valence-corrected chi connectivity index (χ4v) is 0.248. The molecule has 0 unspecified atom stereocenters. The molecule has 0 heterocycles. The highest BCUT2D eigenvalue weighted by Gasteiger charge is 2.36. The molecule has 0 radical (unpaired) electrons. The maximum atomic E-state index is 10.6. The first-order chi connectivity index (χ1) is 3.89. The number of carbonyl (C=O) groups excluding carboxylic acids is 2. The molecule has 0 N–H and O–H groups in total. The van der Waals surface area contributed by atoms with Crippen molar-refractivity contribution in [3.63, 3.8) is 0 Å². The van der Waals surface area contributed by atoms with Crippen LogP contribution in [0, 0.1) is 12.3 Å². The zero-order valence-corrected chi connectivity index (χ0v) is 6.02. The summed E-state index contributed by atoms with van der Waals surface area (Å²) in [5.41, 5.74) is -1.03. The Morgan fingerprint density at radius 3 is 1.44 bits per heavy atom. The van der Waals surface area contributed by atoms with Crippen LogP contribution in [0.5, 0.6) is 0 Å². The molecular weight excluding hydrogens is 116 g/mol. The highest BCUT2D eigenvalue weighted by molar-refractivity contribution is 6.05. The average Bonchev–Trinajstić information content (AvgIpc) is 1.65. The predicted molar refractivity (Wildman–Crippen MR) is 34.8 cm³/mol. The molecule has 2 nitrogen and oxygen atoms in total. The quantitative estimate of drug-likeness (QED) is 0.409. The van der Waals surface area contributed by atoms with Gasteiger partial charge in [0.15, 0.2) is 11.6 Å². The van der Waals surface area contributed by atoms with Gasteiger partial charge in [0.05, 0.1) is 6.92 Å². The number of hydrogen-bond acceptors (Lipinski definition) is 2. The lowest BCUT2D eigenvalue weighted by molar-refractivity contribution is -0.134. The lowest BCUT2D eigenvalue weighted by Gasteiger charge is -2.07. The van der Waals surface area contributed by atoms with E-state index in [0.29, 0.717) is 0 Å². The molecule has 0 bridgehead atoms. The van der Waals surface area contributed by atoms with E-state index < -0.39 is 5.41 Å². The fourth-order valence-electron chi connectivity index (χ4n) is 0.248. The zero-order chi connectivity index (χ0) is 7.65. The highest BCUT2D eigenvalue weighted by Crippen LogP contribution is 2.15. The number of rotatable bonds is 2. The third-order valence-corrected chi connectivity index (χ3v) is 1.55. The average molecular weight is 127 g/mol. The number of hydrogen-bond donors (Lipinski definition) is 0. The van der Waals surface area contributed by atoms with E-state index >= 15 is 0 Å². The third kappa shape index (κ3) is 1.56. The Morgan fingerprint density at radius 1 is 1.22 bits per heavy atom. The van der Waals surface area contributed by atoms with Gasteiger partial charge in [-0.25, -0.2) is 0 Å². The molecule has 9 heavy (non-hydrogen) atoms. The maximum Gasteiger partial charge on any atom is 0.217 e. The number of ketones is 2. The largest absolute Gasteiger partial charge is 0.294 e. The van der Waals surface area contributed by atoms with Gasteiger partial charge >= 0.3 is 0 Å². The van der Waals surface area contributed by atoms with Gasteiger partial charge in [-0.2, -0.15) is 0 Å². The molecule has 0 spiro atoms. The minimum absolute atomic E-state index is 0.185. The van der Waals surface area contributed by atoms with E-state index in [4.69, 9.17) is 0 Å². The van der Waals surface area contributed by atoms with Gasteiger partial charge in [-0.1, -0.05) is 0 Å². The Morgan fingerprint density at radius 2 is 1.44 bits per heavy atom. The maximum absolute atomic E-state index is 10.6. The normalized spacial score (nSPS) is 11.0. The van der Waals surface area contributed by atoms with Gasteiger partial charge in [0.1, 0.15) is 0 Å². The van der Waals surface area contributed by atoms with Crippen molar-refractivity contribution in [3.8, 4) is 0 Å². The van der Waals surface area contributed by atoms with Crippen LogP contribution in [0.25, 0.3) is 0 Å². The van der Waals surface area contributed by atoms with Gasteiger partial charge < -0.3 is 0 Å². The summed E-state index contributed by atoms with van der Waals surface area (Å²) in [5.74, 6) is -0.370. The van der Waals surface area contributed by atoms with Crippen molar-refractivity contribution in [2.45, 2.75) is 20.8 Å². The minimum Gasteiger partial charge on any atom is -0.294 e. The van der Waals surface area contributed by atoms with Crippen LogP contribution < -0.4 is 0 Å². The summed E-state index contributed by atoms with van der Waals surface area (Å²) < 4.78 is 0. The van der Waals surface area contributed by atoms with Gasteiger partial charge in [-0.05, 0) is 20.8 Å². The van der Waals surface area contributed by atoms with Crippen molar-refractivity contribution in [1.82, 2.24) is 0 Å². The molecule has 50 valence electrons. The smallest absolute Gasteiger partial charge is 0.217 e. The van der Waals surface area contributed by atoms with Crippen LogP contribution >= 0.6 is 0 Å². The SMILES string of the molecule is [CH2+]C(C)(C(C)=O)C(C)=O. The Bertz CT molecular complexity index is 129. The van der Waals surface area contributed by atoms with E-state index in [1.807, 2.05) is 0 Å². The summed E-state index contributed by atoms with van der Waals surface area (Å²) in [6.45, 7) is 7.73. The van der Waals surface area contributed by atoms with Crippen LogP contribution in [0.3, 0.4) is 0 Å². The molecule has 0 rings (SSSR count). The van der Waals surface area contributed by atoms with E-state index in [1.54, 1.807) is 0 Å². The Balaban J connectivity index is 4.38. The first-order valence-electron chi connectivity index (χ1n) is 2.76. The second-order valence-corrected chi connectivity index (χ2v) is 2.44. The summed E-state index contributed by atoms with van der Waals surface area (Å²) in [6.07, 6.45) is 0. The fraction of sp³-hybridized carbons (Fsp3) is 0.571. The van der Waals surface area contributed by atoms with Crippen molar-refractivity contribution in [1.29, 1.82) is 0 Å². The standard InChI is InChI=1S/C7H11O2/c1-5(8)7(3,4)6(2)9/h3H2,1-2,4H3/q+1. The monoisotopic (exact) mass is 127 g/mol. The second-order valence-electron chi connectivity index (χ2n) is 2.44. The van der Waals surface area contributed by atoms with Crippen LogP contribution in [-0.4, -0.2) is 11.6 Å². The van der Waals surface area contributed by atoms with Crippen LogP contribution in [0.1, 0.15) is 20.8 Å². The summed E-state index contributed by atoms with van der Waals surface area (Å²) in [4.78, 5) is 21.2. The molecule has 0 fully saturated rings.